The van der Waals surface area contributed by atoms with Gasteiger partial charge in [0.05, 0.1) is 0 Å². The van der Waals surface area contributed by atoms with Gasteiger partial charge in [-0.05, 0) is 35.1 Å². The Morgan fingerprint density at radius 3 is 1.83 bits per heavy atom. The SMILES string of the molecule is CC(C)(C)c1cc(C(=O)COc2ccc(C(=O)O)c(O)c2)cc(C(C)(C)C)c1O. The molecule has 0 amide bonds. The van der Waals surface area contributed by atoms with E-state index in [1.165, 1.54) is 12.1 Å². The molecule has 0 saturated heterocycles. The summed E-state index contributed by atoms with van der Waals surface area (Å²) in [6.45, 7) is 11.5. The lowest BCUT2D eigenvalue weighted by molar-refractivity contribution is 0.0693. The van der Waals surface area contributed by atoms with Crippen LogP contribution in [-0.2, 0) is 10.8 Å². The summed E-state index contributed by atoms with van der Waals surface area (Å²) in [6.07, 6.45) is 0. The summed E-state index contributed by atoms with van der Waals surface area (Å²) in [5.41, 5.74) is 0.809. The zero-order valence-electron chi connectivity index (χ0n) is 17.7. The average Bonchev–Trinajstić information content (AvgIpc) is 2.57. The summed E-state index contributed by atoms with van der Waals surface area (Å²) in [5.74, 6) is -1.60. The van der Waals surface area contributed by atoms with Crippen LogP contribution in [-0.4, -0.2) is 33.7 Å². The van der Waals surface area contributed by atoms with Crippen LogP contribution in [0.3, 0.4) is 0 Å². The topological polar surface area (TPSA) is 104 Å². The van der Waals surface area contributed by atoms with Crippen molar-refractivity contribution < 1.29 is 29.6 Å². The monoisotopic (exact) mass is 400 g/mol. The average molecular weight is 400 g/mol. The molecule has 0 aliphatic heterocycles. The number of rotatable bonds is 5. The fraction of sp³-hybridized carbons (Fsp3) is 0.391. The molecule has 2 aromatic rings. The first-order valence-electron chi connectivity index (χ1n) is 9.32. The Kier molecular flexibility index (Phi) is 5.97. The minimum atomic E-state index is -1.25. The van der Waals surface area contributed by atoms with E-state index < -0.39 is 11.7 Å². The highest BCUT2D eigenvalue weighted by Crippen LogP contribution is 2.39. The molecule has 0 fully saturated rings. The highest BCUT2D eigenvalue weighted by atomic mass is 16.5. The number of carbonyl (C=O) groups is 2. The lowest BCUT2D eigenvalue weighted by Gasteiger charge is -2.28. The summed E-state index contributed by atoms with van der Waals surface area (Å²) >= 11 is 0. The molecule has 0 aliphatic rings. The van der Waals surface area contributed by atoms with Crippen LogP contribution in [0.1, 0.15) is 73.4 Å². The smallest absolute Gasteiger partial charge is 0.339 e. The van der Waals surface area contributed by atoms with Gasteiger partial charge in [0.25, 0.3) is 0 Å². The first kappa shape index (κ1) is 22.3. The minimum absolute atomic E-state index is 0.187. The molecule has 2 rings (SSSR count). The lowest BCUT2D eigenvalue weighted by Crippen LogP contribution is -2.20. The Morgan fingerprint density at radius 2 is 1.41 bits per heavy atom. The standard InChI is InChI=1S/C23H28O6/c1-22(2,3)16-9-13(10-17(20(16)26)23(4,5)6)19(25)12-29-14-7-8-15(21(27)28)18(24)11-14/h7-11,24,26H,12H2,1-6H3,(H,27,28). The van der Waals surface area contributed by atoms with Crippen LogP contribution >= 0.6 is 0 Å². The third-order valence-electron chi connectivity index (χ3n) is 4.62. The number of ether oxygens (including phenoxy) is 1. The third-order valence-corrected chi connectivity index (χ3v) is 4.62. The van der Waals surface area contributed by atoms with Crippen LogP contribution in [0.5, 0.6) is 17.2 Å². The highest BCUT2D eigenvalue weighted by Gasteiger charge is 2.27. The van der Waals surface area contributed by atoms with Gasteiger partial charge in [0, 0.05) is 22.8 Å². The van der Waals surface area contributed by atoms with Gasteiger partial charge >= 0.3 is 5.97 Å². The van der Waals surface area contributed by atoms with Gasteiger partial charge in [-0.3, -0.25) is 4.79 Å². The van der Waals surface area contributed by atoms with Crippen molar-refractivity contribution in [2.24, 2.45) is 0 Å². The number of ketones is 1. The molecule has 156 valence electrons. The van der Waals surface area contributed by atoms with Crippen molar-refractivity contribution in [3.63, 3.8) is 0 Å². The summed E-state index contributed by atoms with van der Waals surface area (Å²) in [7, 11) is 0. The Morgan fingerprint density at radius 1 is 0.897 bits per heavy atom. The van der Waals surface area contributed by atoms with Crippen molar-refractivity contribution in [2.45, 2.75) is 52.4 Å². The number of carboxylic acids is 1. The number of phenolic OH excluding ortho intramolecular Hbond substituents is 1. The minimum Gasteiger partial charge on any atom is -0.507 e. The van der Waals surface area contributed by atoms with Crippen molar-refractivity contribution in [3.05, 3.63) is 52.6 Å². The van der Waals surface area contributed by atoms with E-state index in [4.69, 9.17) is 9.84 Å². The van der Waals surface area contributed by atoms with Gasteiger partial charge in [-0.2, -0.15) is 0 Å². The fourth-order valence-corrected chi connectivity index (χ4v) is 2.95. The van der Waals surface area contributed by atoms with Crippen molar-refractivity contribution in [3.8, 4) is 17.2 Å². The van der Waals surface area contributed by atoms with Crippen LogP contribution in [0.4, 0.5) is 0 Å². The van der Waals surface area contributed by atoms with Crippen LogP contribution < -0.4 is 4.74 Å². The molecule has 0 radical (unpaired) electrons. The number of benzene rings is 2. The van der Waals surface area contributed by atoms with E-state index in [1.807, 2.05) is 41.5 Å². The van der Waals surface area contributed by atoms with Crippen LogP contribution in [0, 0.1) is 0 Å². The maximum absolute atomic E-state index is 12.8. The zero-order valence-corrected chi connectivity index (χ0v) is 17.7. The third kappa shape index (κ3) is 5.08. The number of phenols is 2. The summed E-state index contributed by atoms with van der Waals surface area (Å²) in [6, 6.07) is 7.12. The number of Topliss-reactive ketones (excluding diaryl/α,β-unsaturated/α-hetero) is 1. The number of aromatic carboxylic acids is 1. The number of carboxylic acid groups (broad SMARTS) is 1. The van der Waals surface area contributed by atoms with Crippen molar-refractivity contribution >= 4 is 11.8 Å². The predicted molar refractivity (Wildman–Crippen MR) is 110 cm³/mol. The van der Waals surface area contributed by atoms with Crippen molar-refractivity contribution in [1.29, 1.82) is 0 Å². The molecular formula is C23H28O6. The van der Waals surface area contributed by atoms with E-state index in [2.05, 4.69) is 0 Å². The second kappa shape index (κ2) is 7.78. The van der Waals surface area contributed by atoms with Crippen LogP contribution in [0.2, 0.25) is 0 Å². The maximum Gasteiger partial charge on any atom is 0.339 e. The normalized spacial score (nSPS) is 11.9. The molecule has 3 N–H and O–H groups in total. The van der Waals surface area contributed by atoms with Gasteiger partial charge in [-0.25, -0.2) is 4.79 Å². The van der Waals surface area contributed by atoms with Gasteiger partial charge in [0.1, 0.15) is 22.8 Å². The largest absolute Gasteiger partial charge is 0.507 e. The second-order valence-corrected chi connectivity index (χ2v) is 9.12. The predicted octanol–water partition coefficient (Wildman–Crippen LogP) is 4.65. The molecule has 6 heteroatoms. The van der Waals surface area contributed by atoms with Crippen LogP contribution in [0.15, 0.2) is 30.3 Å². The molecule has 0 spiro atoms. The Bertz CT molecular complexity index is 910. The summed E-state index contributed by atoms with van der Waals surface area (Å²) < 4.78 is 5.45. The first-order valence-corrected chi connectivity index (χ1v) is 9.32. The molecule has 0 aromatic heterocycles. The van der Waals surface area contributed by atoms with Gasteiger partial charge in [0.2, 0.25) is 0 Å². The van der Waals surface area contributed by atoms with E-state index in [9.17, 15) is 19.8 Å². The van der Waals surface area contributed by atoms with Gasteiger partial charge in [-0.1, -0.05) is 41.5 Å². The Hall–Kier alpha value is -3.02. The number of hydrogen-bond acceptors (Lipinski definition) is 5. The quantitative estimate of drug-likeness (QED) is 0.631. The van der Waals surface area contributed by atoms with E-state index in [0.717, 1.165) is 6.07 Å². The summed E-state index contributed by atoms with van der Waals surface area (Å²) in [5, 5.41) is 29.5. The van der Waals surface area contributed by atoms with Gasteiger partial charge in [-0.15, -0.1) is 0 Å². The van der Waals surface area contributed by atoms with Crippen molar-refractivity contribution in [1.82, 2.24) is 0 Å². The van der Waals surface area contributed by atoms with E-state index in [-0.39, 0.29) is 40.3 Å². The van der Waals surface area contributed by atoms with E-state index >= 15 is 0 Å². The Balaban J connectivity index is 2.33. The number of aromatic hydroxyl groups is 2. The molecule has 2 aromatic carbocycles. The summed E-state index contributed by atoms with van der Waals surface area (Å²) in [4.78, 5) is 23.7. The van der Waals surface area contributed by atoms with E-state index in [0.29, 0.717) is 16.7 Å². The molecule has 0 aliphatic carbocycles. The highest BCUT2D eigenvalue weighted by molar-refractivity contribution is 5.98. The number of carbonyl (C=O) groups excluding carboxylic acids is 1. The maximum atomic E-state index is 12.8. The lowest BCUT2D eigenvalue weighted by atomic mass is 9.78. The van der Waals surface area contributed by atoms with Gasteiger partial charge < -0.3 is 20.1 Å². The number of hydrogen-bond donors (Lipinski definition) is 3. The molecule has 0 bridgehead atoms. The fourth-order valence-electron chi connectivity index (χ4n) is 2.95. The molecular weight excluding hydrogens is 372 g/mol. The Labute approximate surface area is 170 Å². The first-order chi connectivity index (χ1) is 13.2. The molecule has 0 saturated carbocycles. The zero-order chi connectivity index (χ0) is 22.1. The van der Waals surface area contributed by atoms with Crippen molar-refractivity contribution in [2.75, 3.05) is 6.61 Å². The molecule has 29 heavy (non-hydrogen) atoms. The molecule has 6 nitrogen and oxygen atoms in total. The molecule has 0 unspecified atom stereocenters. The van der Waals surface area contributed by atoms with E-state index in [1.54, 1.807) is 12.1 Å². The van der Waals surface area contributed by atoms with Crippen LogP contribution in [0.25, 0.3) is 0 Å². The molecule has 0 heterocycles. The molecule has 0 atom stereocenters. The van der Waals surface area contributed by atoms with Gasteiger partial charge in [0.15, 0.2) is 12.4 Å². The second-order valence-electron chi connectivity index (χ2n) is 9.12.